The molecule has 0 radical (unpaired) electrons. The van der Waals surface area contributed by atoms with Gasteiger partial charge in [0.05, 0.1) is 23.9 Å². The highest BCUT2D eigenvalue weighted by Crippen LogP contribution is 2.17. The number of hydrogen-bond donors (Lipinski definition) is 0. The molecular weight excluding hydrogens is 324 g/mol. The molecule has 0 fully saturated rings. The summed E-state index contributed by atoms with van der Waals surface area (Å²) < 4.78 is 13.5. The monoisotopic (exact) mass is 342 g/mol. The summed E-state index contributed by atoms with van der Waals surface area (Å²) in [7, 11) is 3.23. The van der Waals surface area contributed by atoms with E-state index in [1.807, 2.05) is 28.8 Å². The van der Waals surface area contributed by atoms with Crippen molar-refractivity contribution in [2.75, 3.05) is 20.8 Å². The number of methoxy groups -OCH3 is 2. The third-order valence-electron chi connectivity index (χ3n) is 3.62. The molecule has 0 saturated carbocycles. The first-order valence-corrected chi connectivity index (χ1v) is 8.35. The smallest absolute Gasteiger partial charge is 0.279 e. The molecule has 1 amide bonds. The van der Waals surface area contributed by atoms with E-state index in [0.717, 1.165) is 10.2 Å². The summed E-state index contributed by atoms with van der Waals surface area (Å²) in [6.07, 6.45) is 0. The number of para-hydroxylation sites is 1. The van der Waals surface area contributed by atoms with Gasteiger partial charge in [-0.3, -0.25) is 4.79 Å². The molecule has 6 heteroatoms. The summed E-state index contributed by atoms with van der Waals surface area (Å²) in [5, 5.41) is 0. The van der Waals surface area contributed by atoms with Crippen molar-refractivity contribution in [3.8, 4) is 5.75 Å². The summed E-state index contributed by atoms with van der Waals surface area (Å²) in [5.41, 5.74) is 1.56. The zero-order valence-corrected chi connectivity index (χ0v) is 14.4. The normalized spacial score (nSPS) is 11.8. The highest BCUT2D eigenvalue weighted by molar-refractivity contribution is 7.16. The predicted octanol–water partition coefficient (Wildman–Crippen LogP) is 3.10. The van der Waals surface area contributed by atoms with Gasteiger partial charge < -0.3 is 14.0 Å². The number of aromatic nitrogens is 1. The van der Waals surface area contributed by atoms with E-state index in [1.165, 1.54) is 11.3 Å². The molecule has 1 aromatic heterocycles. The Morgan fingerprint density at radius 3 is 2.79 bits per heavy atom. The van der Waals surface area contributed by atoms with Crippen LogP contribution in [0, 0.1) is 0 Å². The maximum Gasteiger partial charge on any atom is 0.279 e. The van der Waals surface area contributed by atoms with Crippen LogP contribution in [0.2, 0.25) is 0 Å². The fourth-order valence-electron chi connectivity index (χ4n) is 2.41. The number of thiazole rings is 1. The topological polar surface area (TPSA) is 52.8 Å². The molecule has 0 atom stereocenters. The van der Waals surface area contributed by atoms with Crippen LogP contribution in [-0.2, 0) is 11.3 Å². The van der Waals surface area contributed by atoms with Gasteiger partial charge in [-0.25, -0.2) is 0 Å². The van der Waals surface area contributed by atoms with Crippen molar-refractivity contribution >= 4 is 27.5 Å². The van der Waals surface area contributed by atoms with Crippen LogP contribution in [0.4, 0.5) is 0 Å². The highest BCUT2D eigenvalue weighted by Gasteiger charge is 2.09. The van der Waals surface area contributed by atoms with Crippen molar-refractivity contribution in [1.29, 1.82) is 0 Å². The van der Waals surface area contributed by atoms with E-state index < -0.39 is 0 Å². The standard InChI is InChI=1S/C18H18N2O3S/c1-22-11-10-20-15-8-3-4-9-16(15)24-18(20)19-17(21)13-6-5-7-14(12-13)23-2/h3-9,12H,10-11H2,1-2H3. The number of ether oxygens (including phenoxy) is 2. The Kier molecular flexibility index (Phi) is 5.08. The van der Waals surface area contributed by atoms with E-state index in [0.29, 0.717) is 29.3 Å². The molecule has 0 saturated heterocycles. The van der Waals surface area contributed by atoms with Gasteiger partial charge in [-0.2, -0.15) is 4.99 Å². The molecule has 3 rings (SSSR count). The minimum atomic E-state index is -0.286. The lowest BCUT2D eigenvalue weighted by atomic mass is 10.2. The van der Waals surface area contributed by atoms with E-state index in [2.05, 4.69) is 4.99 Å². The first-order valence-electron chi connectivity index (χ1n) is 7.53. The molecule has 0 aliphatic heterocycles. The fraction of sp³-hybridized carbons (Fsp3) is 0.222. The first-order chi connectivity index (χ1) is 11.7. The minimum Gasteiger partial charge on any atom is -0.497 e. The second-order valence-corrected chi connectivity index (χ2v) is 6.15. The van der Waals surface area contributed by atoms with Crippen molar-refractivity contribution in [2.24, 2.45) is 4.99 Å². The third kappa shape index (κ3) is 3.39. The van der Waals surface area contributed by atoms with Crippen molar-refractivity contribution in [3.05, 3.63) is 58.9 Å². The molecular formula is C18H18N2O3S. The average molecular weight is 342 g/mol. The van der Waals surface area contributed by atoms with Crippen molar-refractivity contribution in [1.82, 2.24) is 4.57 Å². The summed E-state index contributed by atoms with van der Waals surface area (Å²) in [5.74, 6) is 0.353. The lowest BCUT2D eigenvalue weighted by Crippen LogP contribution is -2.19. The molecule has 0 spiro atoms. The van der Waals surface area contributed by atoms with E-state index in [9.17, 15) is 4.79 Å². The Morgan fingerprint density at radius 2 is 2.00 bits per heavy atom. The van der Waals surface area contributed by atoms with Crippen LogP contribution < -0.4 is 9.54 Å². The molecule has 124 valence electrons. The van der Waals surface area contributed by atoms with Crippen LogP contribution in [0.25, 0.3) is 10.2 Å². The Morgan fingerprint density at radius 1 is 1.17 bits per heavy atom. The SMILES string of the molecule is COCCn1c(=NC(=O)c2cccc(OC)c2)sc2ccccc21. The highest BCUT2D eigenvalue weighted by atomic mass is 32.1. The summed E-state index contributed by atoms with van der Waals surface area (Å²) in [4.78, 5) is 17.5. The Labute approximate surface area is 143 Å². The van der Waals surface area contributed by atoms with Gasteiger partial charge in [-0.1, -0.05) is 29.5 Å². The predicted molar refractivity (Wildman–Crippen MR) is 94.6 cm³/mol. The number of rotatable bonds is 5. The Bertz CT molecular complexity index is 927. The molecule has 0 N–H and O–H groups in total. The van der Waals surface area contributed by atoms with Gasteiger partial charge in [0.25, 0.3) is 5.91 Å². The van der Waals surface area contributed by atoms with Crippen molar-refractivity contribution in [2.45, 2.75) is 6.54 Å². The van der Waals surface area contributed by atoms with Gasteiger partial charge in [0.15, 0.2) is 4.80 Å². The van der Waals surface area contributed by atoms with Gasteiger partial charge in [0, 0.05) is 19.2 Å². The van der Waals surface area contributed by atoms with E-state index >= 15 is 0 Å². The maximum absolute atomic E-state index is 12.5. The molecule has 0 unspecified atom stereocenters. The number of benzene rings is 2. The average Bonchev–Trinajstić information content (AvgIpc) is 2.97. The summed E-state index contributed by atoms with van der Waals surface area (Å²) in [6, 6.07) is 15.0. The van der Waals surface area contributed by atoms with E-state index in [4.69, 9.17) is 9.47 Å². The molecule has 0 aliphatic rings. The largest absolute Gasteiger partial charge is 0.497 e. The minimum absolute atomic E-state index is 0.286. The quantitative estimate of drug-likeness (QED) is 0.716. The molecule has 0 bridgehead atoms. The van der Waals surface area contributed by atoms with E-state index in [1.54, 1.807) is 38.5 Å². The van der Waals surface area contributed by atoms with E-state index in [-0.39, 0.29) is 5.91 Å². The fourth-order valence-corrected chi connectivity index (χ4v) is 3.47. The van der Waals surface area contributed by atoms with Crippen LogP contribution in [0.5, 0.6) is 5.75 Å². The van der Waals surface area contributed by atoms with Crippen LogP contribution in [-0.4, -0.2) is 31.3 Å². The zero-order valence-electron chi connectivity index (χ0n) is 13.6. The zero-order chi connectivity index (χ0) is 16.9. The Balaban J connectivity index is 2.06. The van der Waals surface area contributed by atoms with Gasteiger partial charge in [0.1, 0.15) is 5.75 Å². The van der Waals surface area contributed by atoms with Crippen molar-refractivity contribution < 1.29 is 14.3 Å². The third-order valence-corrected chi connectivity index (χ3v) is 4.68. The number of carbonyl (C=O) groups excluding carboxylic acids is 1. The Hall–Kier alpha value is -2.44. The number of nitrogens with zero attached hydrogens (tertiary/aromatic N) is 2. The van der Waals surface area contributed by atoms with Crippen LogP contribution in [0.3, 0.4) is 0 Å². The molecule has 1 heterocycles. The van der Waals surface area contributed by atoms with Gasteiger partial charge in [0.2, 0.25) is 0 Å². The second-order valence-electron chi connectivity index (χ2n) is 5.15. The molecule has 24 heavy (non-hydrogen) atoms. The van der Waals surface area contributed by atoms with Gasteiger partial charge in [-0.15, -0.1) is 0 Å². The second kappa shape index (κ2) is 7.42. The number of fused-ring (bicyclic) bond motifs is 1. The summed E-state index contributed by atoms with van der Waals surface area (Å²) in [6.45, 7) is 1.20. The molecule has 2 aromatic carbocycles. The van der Waals surface area contributed by atoms with Crippen LogP contribution in [0.15, 0.2) is 53.5 Å². The van der Waals surface area contributed by atoms with Crippen LogP contribution >= 0.6 is 11.3 Å². The number of hydrogen-bond acceptors (Lipinski definition) is 4. The molecule has 5 nitrogen and oxygen atoms in total. The molecule has 0 aliphatic carbocycles. The van der Waals surface area contributed by atoms with Gasteiger partial charge in [-0.05, 0) is 30.3 Å². The summed E-state index contributed by atoms with van der Waals surface area (Å²) >= 11 is 1.50. The lowest BCUT2D eigenvalue weighted by Gasteiger charge is -2.04. The van der Waals surface area contributed by atoms with Crippen LogP contribution in [0.1, 0.15) is 10.4 Å². The molecule has 3 aromatic rings. The lowest BCUT2D eigenvalue weighted by molar-refractivity contribution is 0.0997. The maximum atomic E-state index is 12.5. The number of carbonyl (C=O) groups is 1. The van der Waals surface area contributed by atoms with Gasteiger partial charge >= 0.3 is 0 Å². The number of amides is 1. The van der Waals surface area contributed by atoms with Crippen molar-refractivity contribution in [3.63, 3.8) is 0 Å². The first kappa shape index (κ1) is 16.4.